The number of rotatable bonds is 2. The lowest BCUT2D eigenvalue weighted by molar-refractivity contribution is 0.547. The lowest BCUT2D eigenvalue weighted by Crippen LogP contribution is -2.05. The van der Waals surface area contributed by atoms with E-state index in [2.05, 4.69) is 20.9 Å². The van der Waals surface area contributed by atoms with Crippen molar-refractivity contribution in [2.45, 2.75) is 18.4 Å². The molecule has 1 saturated carbocycles. The number of halogens is 2. The second-order valence-electron chi connectivity index (χ2n) is 3.36. The van der Waals surface area contributed by atoms with Gasteiger partial charge in [0, 0.05) is 10.0 Å². The zero-order valence-corrected chi connectivity index (χ0v) is 8.84. The van der Waals surface area contributed by atoms with Gasteiger partial charge in [0.05, 0.1) is 0 Å². The zero-order chi connectivity index (χ0) is 10.2. The minimum absolute atomic E-state index is 0.323. The fraction of sp³-hybridized carbons (Fsp3) is 0.300. The molecule has 2 rings (SSSR count). The van der Waals surface area contributed by atoms with Crippen LogP contribution in [-0.4, -0.2) is 6.08 Å². The Hall–Kier alpha value is -0.990. The molecule has 2 nitrogen and oxygen atoms in total. The summed E-state index contributed by atoms with van der Waals surface area (Å²) in [6.45, 7) is 0. The molecule has 0 radical (unpaired) electrons. The van der Waals surface area contributed by atoms with Crippen LogP contribution in [0, 0.1) is 5.82 Å². The maximum atomic E-state index is 13.5. The smallest absolute Gasteiger partial charge is 0.211 e. The predicted molar refractivity (Wildman–Crippen MR) is 53.1 cm³/mol. The van der Waals surface area contributed by atoms with Crippen molar-refractivity contribution in [3.63, 3.8) is 0 Å². The van der Waals surface area contributed by atoms with E-state index < -0.39 is 5.54 Å². The maximum Gasteiger partial charge on any atom is 0.235 e. The Morgan fingerprint density at radius 2 is 2.21 bits per heavy atom. The minimum atomic E-state index is -0.619. The predicted octanol–water partition coefficient (Wildman–Crippen LogP) is 2.91. The Morgan fingerprint density at radius 3 is 2.71 bits per heavy atom. The van der Waals surface area contributed by atoms with Gasteiger partial charge in [0.15, 0.2) is 0 Å². The quantitative estimate of drug-likeness (QED) is 0.590. The van der Waals surface area contributed by atoms with Gasteiger partial charge in [-0.25, -0.2) is 9.18 Å². The first kappa shape index (κ1) is 9.56. The first-order valence-electron chi connectivity index (χ1n) is 4.22. The van der Waals surface area contributed by atoms with E-state index in [0.717, 1.165) is 12.8 Å². The molecule has 1 aromatic rings. The van der Waals surface area contributed by atoms with Crippen LogP contribution in [0.3, 0.4) is 0 Å². The molecule has 14 heavy (non-hydrogen) atoms. The number of hydrogen-bond donors (Lipinski definition) is 0. The van der Waals surface area contributed by atoms with E-state index in [1.807, 2.05) is 0 Å². The van der Waals surface area contributed by atoms with Crippen LogP contribution in [0.25, 0.3) is 0 Å². The summed E-state index contributed by atoms with van der Waals surface area (Å²) in [5.74, 6) is -0.323. The molecule has 0 N–H and O–H groups in total. The van der Waals surface area contributed by atoms with Crippen molar-refractivity contribution in [1.29, 1.82) is 0 Å². The highest BCUT2D eigenvalue weighted by atomic mass is 79.9. The maximum absolute atomic E-state index is 13.5. The molecule has 0 amide bonds. The van der Waals surface area contributed by atoms with Gasteiger partial charge in [0.1, 0.15) is 11.4 Å². The summed E-state index contributed by atoms with van der Waals surface area (Å²) in [6, 6.07) is 4.79. The highest BCUT2D eigenvalue weighted by Gasteiger charge is 2.46. The van der Waals surface area contributed by atoms with E-state index in [1.165, 1.54) is 12.1 Å². The first-order chi connectivity index (χ1) is 6.68. The Labute approximate surface area is 89.0 Å². The molecule has 1 aliphatic rings. The third-order valence-corrected chi connectivity index (χ3v) is 2.91. The van der Waals surface area contributed by atoms with Crippen LogP contribution in [0.2, 0.25) is 0 Å². The van der Waals surface area contributed by atoms with Crippen LogP contribution in [-0.2, 0) is 10.3 Å². The lowest BCUT2D eigenvalue weighted by atomic mass is 10.1. The van der Waals surface area contributed by atoms with Crippen LogP contribution in [0.1, 0.15) is 18.4 Å². The lowest BCUT2D eigenvalue weighted by Gasteiger charge is -2.09. The molecule has 1 fully saturated rings. The molecule has 0 saturated heterocycles. The minimum Gasteiger partial charge on any atom is -0.211 e. The largest absolute Gasteiger partial charge is 0.235 e. The molecule has 0 bridgehead atoms. The summed E-state index contributed by atoms with van der Waals surface area (Å²) >= 11 is 3.17. The van der Waals surface area contributed by atoms with Crippen molar-refractivity contribution in [3.05, 3.63) is 34.1 Å². The van der Waals surface area contributed by atoms with Crippen LogP contribution < -0.4 is 0 Å². The number of benzene rings is 1. The first-order valence-corrected chi connectivity index (χ1v) is 5.02. The van der Waals surface area contributed by atoms with Gasteiger partial charge in [-0.15, -0.1) is 0 Å². The third-order valence-electron chi connectivity index (χ3n) is 2.42. The van der Waals surface area contributed by atoms with E-state index in [0.29, 0.717) is 10.0 Å². The molecule has 0 heterocycles. The second-order valence-corrected chi connectivity index (χ2v) is 4.27. The molecule has 1 aromatic carbocycles. The van der Waals surface area contributed by atoms with Crippen molar-refractivity contribution in [2.24, 2.45) is 4.99 Å². The molecular formula is C10H7BrFNO. The van der Waals surface area contributed by atoms with Crippen LogP contribution in [0.15, 0.2) is 27.7 Å². The molecule has 0 spiro atoms. The fourth-order valence-electron chi connectivity index (χ4n) is 1.51. The SMILES string of the molecule is O=C=NC1(c2ccc(Br)cc2F)CC1. The normalized spacial score (nSPS) is 17.3. The monoisotopic (exact) mass is 255 g/mol. The topological polar surface area (TPSA) is 29.4 Å². The molecule has 0 aromatic heterocycles. The summed E-state index contributed by atoms with van der Waals surface area (Å²) < 4.78 is 14.2. The fourth-order valence-corrected chi connectivity index (χ4v) is 1.85. The molecular weight excluding hydrogens is 249 g/mol. The van der Waals surface area contributed by atoms with Crippen LogP contribution >= 0.6 is 15.9 Å². The Balaban J connectivity index is 2.47. The Bertz CT molecular complexity index is 422. The highest BCUT2D eigenvalue weighted by molar-refractivity contribution is 9.10. The van der Waals surface area contributed by atoms with Crippen LogP contribution in [0.4, 0.5) is 4.39 Å². The van der Waals surface area contributed by atoms with Gasteiger partial charge in [-0.05, 0) is 25.0 Å². The number of isocyanates is 1. The molecule has 1 aliphatic carbocycles. The molecule has 72 valence electrons. The van der Waals surface area contributed by atoms with Crippen molar-refractivity contribution >= 4 is 22.0 Å². The summed E-state index contributed by atoms with van der Waals surface area (Å²) in [4.78, 5) is 13.9. The summed E-state index contributed by atoms with van der Waals surface area (Å²) in [5, 5.41) is 0. The van der Waals surface area contributed by atoms with E-state index in [4.69, 9.17) is 0 Å². The molecule has 4 heteroatoms. The van der Waals surface area contributed by atoms with Gasteiger partial charge in [-0.1, -0.05) is 22.0 Å². The number of aliphatic imine (C=N–C) groups is 1. The zero-order valence-electron chi connectivity index (χ0n) is 7.26. The number of carbonyl (C=O) groups excluding carboxylic acids is 1. The van der Waals surface area contributed by atoms with Crippen molar-refractivity contribution < 1.29 is 9.18 Å². The van der Waals surface area contributed by atoms with E-state index in [-0.39, 0.29) is 5.82 Å². The summed E-state index contributed by atoms with van der Waals surface area (Å²) in [5.41, 5.74) is -0.129. The Morgan fingerprint density at radius 1 is 1.50 bits per heavy atom. The standard InChI is InChI=1S/C10H7BrFNO/c11-7-1-2-8(9(12)5-7)10(3-4-10)13-6-14/h1-2,5H,3-4H2. The number of nitrogens with zero attached hydrogens (tertiary/aromatic N) is 1. The van der Waals surface area contributed by atoms with Crippen molar-refractivity contribution in [2.75, 3.05) is 0 Å². The van der Waals surface area contributed by atoms with Gasteiger partial charge in [-0.3, -0.25) is 0 Å². The van der Waals surface area contributed by atoms with Gasteiger partial charge in [0.2, 0.25) is 6.08 Å². The molecule has 0 aliphatic heterocycles. The van der Waals surface area contributed by atoms with Crippen molar-refractivity contribution in [1.82, 2.24) is 0 Å². The van der Waals surface area contributed by atoms with Gasteiger partial charge < -0.3 is 0 Å². The summed E-state index contributed by atoms with van der Waals surface area (Å²) in [7, 11) is 0. The van der Waals surface area contributed by atoms with Gasteiger partial charge in [-0.2, -0.15) is 4.99 Å². The highest BCUT2D eigenvalue weighted by Crippen LogP contribution is 2.50. The third kappa shape index (κ3) is 1.51. The van der Waals surface area contributed by atoms with E-state index in [1.54, 1.807) is 12.1 Å². The Kier molecular flexibility index (Phi) is 2.25. The van der Waals surface area contributed by atoms with E-state index >= 15 is 0 Å². The molecule has 0 atom stereocenters. The average Bonchev–Trinajstić information content (AvgIpc) is 2.86. The van der Waals surface area contributed by atoms with Crippen LogP contribution in [0.5, 0.6) is 0 Å². The van der Waals surface area contributed by atoms with E-state index in [9.17, 15) is 9.18 Å². The number of hydrogen-bond acceptors (Lipinski definition) is 2. The molecule has 0 unspecified atom stereocenters. The van der Waals surface area contributed by atoms with Gasteiger partial charge >= 0.3 is 0 Å². The van der Waals surface area contributed by atoms with Crippen molar-refractivity contribution in [3.8, 4) is 0 Å². The summed E-state index contributed by atoms with van der Waals surface area (Å²) in [6.07, 6.45) is 2.95. The second kappa shape index (κ2) is 3.30. The van der Waals surface area contributed by atoms with Gasteiger partial charge in [0.25, 0.3) is 0 Å². The average molecular weight is 256 g/mol.